The summed E-state index contributed by atoms with van der Waals surface area (Å²) in [5, 5.41) is 6.66. The number of nitrogen functional groups attached to an aromatic ring is 1. The number of fused-ring (bicyclic) bond motifs is 1. The number of nitrogens with two attached hydrogens (primary N) is 1. The smallest absolute Gasteiger partial charge is 0.224 e. The zero-order valence-corrected chi connectivity index (χ0v) is 11.9. The first-order valence-corrected chi connectivity index (χ1v) is 6.75. The quantitative estimate of drug-likeness (QED) is 0.822. The summed E-state index contributed by atoms with van der Waals surface area (Å²) in [5.74, 6) is 0.229. The number of H-pyrrole nitrogens is 1. The molecule has 0 saturated carbocycles. The van der Waals surface area contributed by atoms with Crippen molar-refractivity contribution < 1.29 is 9.59 Å². The van der Waals surface area contributed by atoms with Gasteiger partial charge in [-0.15, -0.1) is 0 Å². The zero-order chi connectivity index (χ0) is 15.1. The van der Waals surface area contributed by atoms with Gasteiger partial charge < -0.3 is 10.6 Å². The minimum Gasteiger partial charge on any atom is -0.382 e. The van der Waals surface area contributed by atoms with Crippen molar-refractivity contribution in [3.8, 4) is 11.3 Å². The fourth-order valence-corrected chi connectivity index (χ4v) is 2.97. The van der Waals surface area contributed by atoms with Gasteiger partial charge in [0.1, 0.15) is 0 Å². The van der Waals surface area contributed by atoms with Crippen LogP contribution < -0.4 is 10.6 Å². The maximum absolute atomic E-state index is 11.7. The number of rotatable bonds is 2. The van der Waals surface area contributed by atoms with Crippen LogP contribution in [0.25, 0.3) is 11.3 Å². The van der Waals surface area contributed by atoms with Crippen LogP contribution in [0.15, 0.2) is 18.2 Å². The molecule has 1 aliphatic rings. The number of carbonyl (C=O) groups excluding carboxylic acids is 2. The van der Waals surface area contributed by atoms with Gasteiger partial charge in [0.15, 0.2) is 12.1 Å². The highest BCUT2D eigenvalue weighted by atomic mass is 16.2. The normalized spacial score (nSPS) is 16.9. The van der Waals surface area contributed by atoms with Gasteiger partial charge in [0.25, 0.3) is 0 Å². The van der Waals surface area contributed by atoms with E-state index in [1.165, 1.54) is 0 Å². The van der Waals surface area contributed by atoms with Crippen LogP contribution >= 0.6 is 0 Å². The van der Waals surface area contributed by atoms with E-state index < -0.39 is 0 Å². The van der Waals surface area contributed by atoms with Crippen molar-refractivity contribution in [1.29, 1.82) is 0 Å². The van der Waals surface area contributed by atoms with Crippen molar-refractivity contribution in [2.24, 2.45) is 0 Å². The van der Waals surface area contributed by atoms with Crippen molar-refractivity contribution in [2.45, 2.75) is 26.3 Å². The first-order valence-electron chi connectivity index (χ1n) is 6.75. The molecule has 1 aromatic carbocycles. The van der Waals surface area contributed by atoms with Crippen LogP contribution in [0.5, 0.6) is 0 Å². The Morgan fingerprint density at radius 2 is 2.29 bits per heavy atom. The topological polar surface area (TPSA) is 92.1 Å². The highest BCUT2D eigenvalue weighted by molar-refractivity contribution is 5.96. The molecule has 21 heavy (non-hydrogen) atoms. The van der Waals surface area contributed by atoms with Crippen LogP contribution in [0.3, 0.4) is 0 Å². The van der Waals surface area contributed by atoms with Crippen molar-refractivity contribution in [3.63, 3.8) is 0 Å². The lowest BCUT2D eigenvalue weighted by Crippen LogP contribution is -2.33. The number of hydrogen-bond donors (Lipinski definition) is 2. The third-order valence-corrected chi connectivity index (χ3v) is 3.87. The summed E-state index contributed by atoms with van der Waals surface area (Å²) in [6.07, 6.45) is 1.49. The van der Waals surface area contributed by atoms with Gasteiger partial charge >= 0.3 is 0 Å². The van der Waals surface area contributed by atoms with E-state index in [0.29, 0.717) is 17.5 Å². The molecule has 1 aliphatic heterocycles. The summed E-state index contributed by atoms with van der Waals surface area (Å²) in [6, 6.07) is 5.90. The third-order valence-electron chi connectivity index (χ3n) is 3.87. The van der Waals surface area contributed by atoms with E-state index in [-0.39, 0.29) is 17.8 Å². The summed E-state index contributed by atoms with van der Waals surface area (Å²) in [5.41, 5.74) is 9.49. The van der Waals surface area contributed by atoms with Gasteiger partial charge in [0.2, 0.25) is 5.91 Å². The number of anilines is 2. The number of aldehydes is 1. The largest absolute Gasteiger partial charge is 0.382 e. The monoisotopic (exact) mass is 284 g/mol. The minimum absolute atomic E-state index is 0.0355. The SMILES string of the molecule is CC(=O)N1c2ccc(-c3[nH]nc(N)c3C=O)cc2CC1C. The van der Waals surface area contributed by atoms with Crippen LogP contribution in [-0.2, 0) is 11.2 Å². The highest BCUT2D eigenvalue weighted by Crippen LogP contribution is 2.36. The molecule has 2 aromatic rings. The fraction of sp³-hybridized carbons (Fsp3) is 0.267. The van der Waals surface area contributed by atoms with Gasteiger partial charge in [-0.2, -0.15) is 5.10 Å². The predicted octanol–water partition coefficient (Wildman–Crippen LogP) is 1.77. The summed E-state index contributed by atoms with van der Waals surface area (Å²) >= 11 is 0. The lowest BCUT2D eigenvalue weighted by molar-refractivity contribution is -0.116. The standard InChI is InChI=1S/C15H16N4O2/c1-8-5-11-6-10(3-4-13(11)19(8)9(2)21)14-12(7-20)15(16)18-17-14/h3-4,6-8H,5H2,1-2H3,(H3,16,17,18). The second-order valence-corrected chi connectivity index (χ2v) is 5.30. The van der Waals surface area contributed by atoms with E-state index in [2.05, 4.69) is 10.2 Å². The zero-order valence-electron chi connectivity index (χ0n) is 11.9. The second kappa shape index (κ2) is 4.73. The number of aromatic nitrogens is 2. The number of carbonyl (C=O) groups is 2. The van der Waals surface area contributed by atoms with Crippen LogP contribution in [0.2, 0.25) is 0 Å². The summed E-state index contributed by atoms with van der Waals surface area (Å²) < 4.78 is 0. The molecule has 0 aliphatic carbocycles. The summed E-state index contributed by atoms with van der Waals surface area (Å²) in [7, 11) is 0. The molecule has 6 heteroatoms. The van der Waals surface area contributed by atoms with E-state index >= 15 is 0 Å². The molecule has 1 atom stereocenters. The molecule has 0 radical (unpaired) electrons. The van der Waals surface area contributed by atoms with Crippen molar-refractivity contribution in [3.05, 3.63) is 29.3 Å². The van der Waals surface area contributed by atoms with Gasteiger partial charge in [-0.1, -0.05) is 6.07 Å². The molecule has 0 bridgehead atoms. The Bertz CT molecular complexity index is 735. The Balaban J connectivity index is 2.08. The Morgan fingerprint density at radius 1 is 1.52 bits per heavy atom. The minimum atomic E-state index is 0.0355. The Kier molecular flexibility index (Phi) is 3.01. The highest BCUT2D eigenvalue weighted by Gasteiger charge is 2.29. The first-order chi connectivity index (χ1) is 10.0. The molecule has 3 rings (SSSR count). The average Bonchev–Trinajstić information content (AvgIpc) is 2.96. The molecule has 108 valence electrons. The molecule has 0 spiro atoms. The lowest BCUT2D eigenvalue weighted by Gasteiger charge is -2.20. The van der Waals surface area contributed by atoms with E-state index in [1.807, 2.05) is 25.1 Å². The molecular formula is C15H16N4O2. The number of benzene rings is 1. The molecule has 1 aromatic heterocycles. The molecule has 0 fully saturated rings. The van der Waals surface area contributed by atoms with E-state index in [9.17, 15) is 9.59 Å². The molecular weight excluding hydrogens is 268 g/mol. The van der Waals surface area contributed by atoms with Crippen LogP contribution in [0.4, 0.5) is 11.5 Å². The molecule has 1 amide bonds. The number of aromatic amines is 1. The van der Waals surface area contributed by atoms with Gasteiger partial charge in [-0.3, -0.25) is 14.7 Å². The average molecular weight is 284 g/mol. The van der Waals surface area contributed by atoms with Crippen molar-refractivity contribution in [1.82, 2.24) is 10.2 Å². The van der Waals surface area contributed by atoms with Crippen molar-refractivity contribution >= 4 is 23.7 Å². The van der Waals surface area contributed by atoms with Gasteiger partial charge in [0, 0.05) is 24.2 Å². The molecule has 2 heterocycles. The molecule has 3 N–H and O–H groups in total. The Hall–Kier alpha value is -2.63. The van der Waals surface area contributed by atoms with Crippen molar-refractivity contribution in [2.75, 3.05) is 10.6 Å². The summed E-state index contributed by atoms with van der Waals surface area (Å²) in [6.45, 7) is 3.59. The maximum atomic E-state index is 11.7. The Morgan fingerprint density at radius 3 is 2.95 bits per heavy atom. The predicted molar refractivity (Wildman–Crippen MR) is 80.1 cm³/mol. The Labute approximate surface area is 121 Å². The van der Waals surface area contributed by atoms with Gasteiger partial charge in [0.05, 0.1) is 11.3 Å². The number of amides is 1. The number of nitrogens with zero attached hydrogens (tertiary/aromatic N) is 2. The lowest BCUT2D eigenvalue weighted by atomic mass is 10.0. The van der Waals surface area contributed by atoms with Crippen LogP contribution in [-0.4, -0.2) is 28.4 Å². The van der Waals surface area contributed by atoms with E-state index in [4.69, 9.17) is 5.73 Å². The van der Waals surface area contributed by atoms with Crippen LogP contribution in [0.1, 0.15) is 29.8 Å². The summed E-state index contributed by atoms with van der Waals surface area (Å²) in [4.78, 5) is 24.6. The number of hydrogen-bond acceptors (Lipinski definition) is 4. The molecule has 1 unspecified atom stereocenters. The molecule has 6 nitrogen and oxygen atoms in total. The number of nitrogens with one attached hydrogen (secondary N) is 1. The first kappa shape index (κ1) is 13.4. The molecule has 0 saturated heterocycles. The van der Waals surface area contributed by atoms with Crippen LogP contribution in [0, 0.1) is 0 Å². The maximum Gasteiger partial charge on any atom is 0.224 e. The van der Waals surface area contributed by atoms with Gasteiger partial charge in [-0.05, 0) is 31.0 Å². The van der Waals surface area contributed by atoms with Gasteiger partial charge in [-0.25, -0.2) is 0 Å². The third kappa shape index (κ3) is 1.99. The fourth-order valence-electron chi connectivity index (χ4n) is 2.97. The van der Waals surface area contributed by atoms with E-state index in [1.54, 1.807) is 11.8 Å². The second-order valence-electron chi connectivity index (χ2n) is 5.30. The van der Waals surface area contributed by atoms with E-state index in [0.717, 1.165) is 23.2 Å².